The van der Waals surface area contributed by atoms with Gasteiger partial charge in [-0.2, -0.15) is 0 Å². The number of aryl methyl sites for hydroxylation is 2. The molecule has 0 aliphatic rings. The van der Waals surface area contributed by atoms with E-state index in [1.54, 1.807) is 49.0 Å². The van der Waals surface area contributed by atoms with Crippen LogP contribution in [0.5, 0.6) is 0 Å². The highest BCUT2D eigenvalue weighted by Crippen LogP contribution is 2.19. The zero-order valence-corrected chi connectivity index (χ0v) is 14.1. The van der Waals surface area contributed by atoms with Gasteiger partial charge in [-0.05, 0) is 24.3 Å². The molecular weight excluding hydrogens is 332 g/mol. The Hall–Kier alpha value is -2.80. The van der Waals surface area contributed by atoms with Crippen LogP contribution in [0.3, 0.4) is 0 Å². The van der Waals surface area contributed by atoms with Crippen LogP contribution in [0.4, 0.5) is 5.82 Å². The van der Waals surface area contributed by atoms with E-state index in [1.807, 2.05) is 0 Å². The summed E-state index contributed by atoms with van der Waals surface area (Å²) in [7, 11) is 4.66. The third kappa shape index (κ3) is 2.43. The van der Waals surface area contributed by atoms with Gasteiger partial charge in [-0.15, -0.1) is 0 Å². The Kier molecular flexibility index (Phi) is 3.81. The number of carbonyl (C=O) groups is 1. The summed E-state index contributed by atoms with van der Waals surface area (Å²) < 4.78 is 3.97. The summed E-state index contributed by atoms with van der Waals surface area (Å²) in [6.07, 6.45) is 0. The normalized spacial score (nSPS) is 11.0. The number of nitrogens with one attached hydrogen (secondary N) is 1. The fourth-order valence-corrected chi connectivity index (χ4v) is 2.71. The lowest BCUT2D eigenvalue weighted by Gasteiger charge is -2.07. The van der Waals surface area contributed by atoms with E-state index in [0.29, 0.717) is 27.4 Å². The van der Waals surface area contributed by atoms with Crippen LogP contribution in [-0.2, 0) is 21.1 Å². The number of hydrogen-bond donors (Lipinski definition) is 1. The van der Waals surface area contributed by atoms with Crippen molar-refractivity contribution in [2.24, 2.45) is 21.1 Å². The number of halogens is 1. The van der Waals surface area contributed by atoms with Crippen LogP contribution in [0.2, 0.25) is 5.02 Å². The van der Waals surface area contributed by atoms with Gasteiger partial charge in [0.2, 0.25) is 0 Å². The van der Waals surface area contributed by atoms with Crippen molar-refractivity contribution in [1.29, 1.82) is 0 Å². The third-order valence-corrected chi connectivity index (χ3v) is 4.26. The van der Waals surface area contributed by atoms with Crippen molar-refractivity contribution < 1.29 is 4.79 Å². The molecule has 7 nitrogen and oxygen atoms in total. The molecule has 24 heavy (non-hydrogen) atoms. The maximum Gasteiger partial charge on any atom is 0.331 e. The van der Waals surface area contributed by atoms with Crippen LogP contribution in [-0.4, -0.2) is 19.6 Å². The second-order valence-corrected chi connectivity index (χ2v) is 5.93. The van der Waals surface area contributed by atoms with Crippen LogP contribution in [0.1, 0.15) is 10.4 Å². The van der Waals surface area contributed by atoms with Crippen molar-refractivity contribution in [3.8, 4) is 0 Å². The van der Waals surface area contributed by atoms with E-state index in [9.17, 15) is 14.4 Å². The lowest BCUT2D eigenvalue weighted by Crippen LogP contribution is -2.37. The molecule has 2 heterocycles. The average molecular weight is 347 g/mol. The molecule has 0 aliphatic heterocycles. The van der Waals surface area contributed by atoms with E-state index in [-0.39, 0.29) is 5.91 Å². The molecule has 0 spiro atoms. The summed E-state index contributed by atoms with van der Waals surface area (Å²) in [6.45, 7) is 0. The summed E-state index contributed by atoms with van der Waals surface area (Å²) in [5.41, 5.74) is 0.394. The molecular formula is C16H15ClN4O3. The second-order valence-electron chi connectivity index (χ2n) is 5.49. The number of carbonyl (C=O) groups excluding carboxylic acids is 1. The Morgan fingerprint density at radius 2 is 1.62 bits per heavy atom. The van der Waals surface area contributed by atoms with Gasteiger partial charge >= 0.3 is 5.69 Å². The topological polar surface area (TPSA) is 78.0 Å². The molecule has 1 amide bonds. The average Bonchev–Trinajstić information content (AvgIpc) is 2.88. The molecule has 0 saturated heterocycles. The first-order chi connectivity index (χ1) is 11.3. The fourth-order valence-electron chi connectivity index (χ4n) is 2.58. The van der Waals surface area contributed by atoms with Crippen molar-refractivity contribution in [1.82, 2.24) is 13.7 Å². The molecule has 1 aromatic carbocycles. The number of anilines is 1. The second kappa shape index (κ2) is 5.68. The Morgan fingerprint density at radius 3 is 2.25 bits per heavy atom. The Labute approximate surface area is 141 Å². The van der Waals surface area contributed by atoms with E-state index in [4.69, 9.17) is 11.6 Å². The van der Waals surface area contributed by atoms with Gasteiger partial charge in [0.05, 0.1) is 5.52 Å². The number of nitrogens with zero attached hydrogens (tertiary/aromatic N) is 3. The van der Waals surface area contributed by atoms with Crippen LogP contribution >= 0.6 is 11.6 Å². The van der Waals surface area contributed by atoms with Crippen molar-refractivity contribution >= 4 is 34.4 Å². The van der Waals surface area contributed by atoms with Gasteiger partial charge in [0.25, 0.3) is 11.5 Å². The summed E-state index contributed by atoms with van der Waals surface area (Å²) in [5.74, 6) is 0.0858. The molecule has 124 valence electrons. The predicted octanol–water partition coefficient (Wildman–Crippen LogP) is 1.48. The highest BCUT2D eigenvalue weighted by molar-refractivity contribution is 6.30. The molecule has 0 bridgehead atoms. The SMILES string of the molecule is Cn1c(=O)c2c(cc(NC(=O)c3ccc(Cl)cc3)n2C)n(C)c1=O. The molecule has 3 aromatic rings. The molecule has 1 N–H and O–H groups in total. The van der Waals surface area contributed by atoms with Crippen LogP contribution in [0.15, 0.2) is 39.9 Å². The molecule has 0 saturated carbocycles. The van der Waals surface area contributed by atoms with Gasteiger partial charge in [-0.3, -0.25) is 18.7 Å². The minimum atomic E-state index is -0.423. The first kappa shape index (κ1) is 16.1. The summed E-state index contributed by atoms with van der Waals surface area (Å²) in [4.78, 5) is 36.7. The summed E-state index contributed by atoms with van der Waals surface area (Å²) in [6, 6.07) is 8.06. The molecule has 8 heteroatoms. The monoisotopic (exact) mass is 346 g/mol. The van der Waals surface area contributed by atoms with E-state index >= 15 is 0 Å². The Morgan fingerprint density at radius 1 is 1.00 bits per heavy atom. The highest BCUT2D eigenvalue weighted by atomic mass is 35.5. The number of hydrogen-bond acceptors (Lipinski definition) is 3. The van der Waals surface area contributed by atoms with E-state index < -0.39 is 11.2 Å². The van der Waals surface area contributed by atoms with Gasteiger partial charge in [0.1, 0.15) is 11.3 Å². The van der Waals surface area contributed by atoms with Crippen molar-refractivity contribution in [3.05, 3.63) is 61.8 Å². The highest BCUT2D eigenvalue weighted by Gasteiger charge is 2.17. The van der Waals surface area contributed by atoms with Crippen molar-refractivity contribution in [2.75, 3.05) is 5.32 Å². The van der Waals surface area contributed by atoms with Gasteiger partial charge in [-0.1, -0.05) is 11.6 Å². The standard InChI is InChI=1S/C16H15ClN4O3/c1-19-11-8-12(18-14(22)9-4-6-10(17)7-5-9)20(2)13(11)15(23)21(3)16(19)24/h4-8H,1-3H3,(H,18,22). The minimum absolute atomic E-state index is 0.334. The van der Waals surface area contributed by atoms with Crippen molar-refractivity contribution in [3.63, 3.8) is 0 Å². The maximum atomic E-state index is 12.3. The number of amides is 1. The summed E-state index contributed by atoms with van der Waals surface area (Å²) >= 11 is 5.81. The molecule has 2 aromatic heterocycles. The van der Waals surface area contributed by atoms with E-state index in [0.717, 1.165) is 4.57 Å². The lowest BCUT2D eigenvalue weighted by molar-refractivity contribution is 0.102. The van der Waals surface area contributed by atoms with Gasteiger partial charge in [-0.25, -0.2) is 4.79 Å². The molecule has 0 unspecified atom stereocenters. The molecule has 0 fully saturated rings. The lowest BCUT2D eigenvalue weighted by atomic mass is 10.2. The largest absolute Gasteiger partial charge is 0.331 e. The number of aromatic nitrogens is 3. The zero-order valence-electron chi connectivity index (χ0n) is 13.3. The Balaban J connectivity index is 2.10. The van der Waals surface area contributed by atoms with Gasteiger partial charge < -0.3 is 9.88 Å². The van der Waals surface area contributed by atoms with E-state index in [1.165, 1.54) is 11.6 Å². The first-order valence-corrected chi connectivity index (χ1v) is 7.51. The quantitative estimate of drug-likeness (QED) is 0.763. The predicted molar refractivity (Wildman–Crippen MR) is 92.8 cm³/mol. The fraction of sp³-hybridized carbons (Fsp3) is 0.188. The van der Waals surface area contributed by atoms with Crippen LogP contribution < -0.4 is 16.6 Å². The van der Waals surface area contributed by atoms with Gasteiger partial charge in [0.15, 0.2) is 0 Å². The number of rotatable bonds is 2. The molecule has 3 rings (SSSR count). The van der Waals surface area contributed by atoms with Gasteiger partial charge in [0, 0.05) is 37.8 Å². The van der Waals surface area contributed by atoms with E-state index in [2.05, 4.69) is 5.32 Å². The first-order valence-electron chi connectivity index (χ1n) is 7.13. The smallest absolute Gasteiger partial charge is 0.325 e. The third-order valence-electron chi connectivity index (χ3n) is 4.00. The van der Waals surface area contributed by atoms with Crippen LogP contribution in [0, 0.1) is 0 Å². The van der Waals surface area contributed by atoms with Crippen molar-refractivity contribution in [2.45, 2.75) is 0 Å². The maximum absolute atomic E-state index is 12.3. The number of benzene rings is 1. The zero-order chi connectivity index (χ0) is 17.6. The molecule has 0 aliphatic carbocycles. The summed E-state index contributed by atoms with van der Waals surface area (Å²) in [5, 5.41) is 3.28. The number of fused-ring (bicyclic) bond motifs is 1. The Bertz CT molecular complexity index is 1070. The molecule has 0 radical (unpaired) electrons. The molecule has 0 atom stereocenters. The minimum Gasteiger partial charge on any atom is -0.325 e. The van der Waals surface area contributed by atoms with Crippen LogP contribution in [0.25, 0.3) is 11.0 Å².